The summed E-state index contributed by atoms with van der Waals surface area (Å²) in [6, 6.07) is 8.12. The van der Waals surface area contributed by atoms with Crippen LogP contribution >= 0.6 is 15.9 Å². The molecule has 0 bridgehead atoms. The lowest BCUT2D eigenvalue weighted by molar-refractivity contribution is -0.129. The van der Waals surface area contributed by atoms with E-state index in [1.165, 1.54) is 0 Å². The van der Waals surface area contributed by atoms with E-state index in [4.69, 9.17) is 0 Å². The van der Waals surface area contributed by atoms with Crippen LogP contribution in [0.4, 0.5) is 14.5 Å². The number of nitrogens with zero attached hydrogens (tertiary/aromatic N) is 1. The number of benzene rings is 1. The van der Waals surface area contributed by atoms with Gasteiger partial charge in [-0.3, -0.25) is 9.59 Å². The predicted octanol–water partition coefficient (Wildman–Crippen LogP) is 2.64. The second-order valence-corrected chi connectivity index (χ2v) is 4.11. The van der Waals surface area contributed by atoms with Crippen molar-refractivity contribution in [1.82, 2.24) is 0 Å². The Labute approximate surface area is 112 Å². The molecule has 0 fully saturated rings. The molecule has 0 aliphatic rings. The third-order valence-corrected chi connectivity index (χ3v) is 2.91. The number of halogens is 3. The number of ketones is 1. The molecule has 3 nitrogen and oxygen atoms in total. The Hall–Kier alpha value is -1.30. The van der Waals surface area contributed by atoms with E-state index in [9.17, 15) is 18.4 Å². The van der Waals surface area contributed by atoms with Crippen molar-refractivity contribution in [3.63, 3.8) is 0 Å². The number of rotatable bonds is 6. The minimum atomic E-state index is -3.08. The maximum Gasteiger partial charge on any atom is 0.316 e. The molecule has 6 heteroatoms. The number of Topliss-reactive ketones (excluding diaryl/α,β-unsaturated/α-hetero) is 1. The van der Waals surface area contributed by atoms with Crippen LogP contribution < -0.4 is 4.90 Å². The first-order chi connectivity index (χ1) is 8.56. The molecule has 0 saturated heterocycles. The third-order valence-electron chi connectivity index (χ3n) is 2.28. The van der Waals surface area contributed by atoms with Crippen molar-refractivity contribution < 1.29 is 18.4 Å². The zero-order valence-corrected chi connectivity index (χ0v) is 11.1. The number of para-hydroxylation sites is 1. The van der Waals surface area contributed by atoms with Gasteiger partial charge in [-0.15, -0.1) is 0 Å². The average Bonchev–Trinajstić information content (AvgIpc) is 2.39. The Kier molecular flexibility index (Phi) is 5.91. The molecule has 98 valence electrons. The van der Waals surface area contributed by atoms with E-state index in [0.717, 1.165) is 4.90 Å². The Morgan fingerprint density at radius 2 is 1.83 bits per heavy atom. The molecule has 0 unspecified atom stereocenters. The summed E-state index contributed by atoms with van der Waals surface area (Å²) in [6.45, 7) is -0.0440. The number of carbonyl (C=O) groups excluding carboxylic acids is 2. The van der Waals surface area contributed by atoms with Crippen molar-refractivity contribution in [3.8, 4) is 0 Å². The Morgan fingerprint density at radius 1 is 1.22 bits per heavy atom. The van der Waals surface area contributed by atoms with E-state index in [0.29, 0.717) is 5.69 Å². The van der Waals surface area contributed by atoms with Gasteiger partial charge in [0.15, 0.2) is 0 Å². The molecule has 18 heavy (non-hydrogen) atoms. The van der Waals surface area contributed by atoms with Crippen LogP contribution in [0.2, 0.25) is 0 Å². The van der Waals surface area contributed by atoms with Gasteiger partial charge in [0.25, 0.3) is 5.91 Å². The summed E-state index contributed by atoms with van der Waals surface area (Å²) in [7, 11) is 0. The summed E-state index contributed by atoms with van der Waals surface area (Å²) >= 11 is 2.99. The minimum absolute atomic E-state index is 0.0403. The highest BCUT2D eigenvalue weighted by atomic mass is 79.9. The van der Waals surface area contributed by atoms with Gasteiger partial charge in [0.05, 0.1) is 5.33 Å². The zero-order valence-electron chi connectivity index (χ0n) is 9.48. The average molecular weight is 320 g/mol. The molecule has 0 aromatic heterocycles. The van der Waals surface area contributed by atoms with Crippen molar-refractivity contribution >= 4 is 33.3 Å². The van der Waals surface area contributed by atoms with Gasteiger partial charge in [-0.2, -0.15) is 8.78 Å². The largest absolute Gasteiger partial charge is 0.316 e. The van der Waals surface area contributed by atoms with Crippen LogP contribution in [0.25, 0.3) is 0 Å². The van der Waals surface area contributed by atoms with E-state index in [1.54, 1.807) is 30.3 Å². The first-order valence-corrected chi connectivity index (χ1v) is 6.40. The molecule has 0 heterocycles. The summed E-state index contributed by atoms with van der Waals surface area (Å²) in [5, 5.41) is 0.151. The summed E-state index contributed by atoms with van der Waals surface area (Å²) in [4.78, 5) is 23.5. The van der Waals surface area contributed by atoms with Gasteiger partial charge < -0.3 is 4.90 Å². The molecule has 0 aliphatic heterocycles. The monoisotopic (exact) mass is 319 g/mol. The zero-order chi connectivity index (χ0) is 13.5. The number of amides is 1. The van der Waals surface area contributed by atoms with E-state index in [2.05, 4.69) is 15.9 Å². The van der Waals surface area contributed by atoms with Crippen LogP contribution in [-0.4, -0.2) is 30.0 Å². The molecule has 0 spiro atoms. The maximum atomic E-state index is 12.5. The first kappa shape index (κ1) is 14.8. The fourth-order valence-corrected chi connectivity index (χ4v) is 1.68. The highest BCUT2D eigenvalue weighted by Gasteiger charge is 2.24. The topological polar surface area (TPSA) is 37.4 Å². The molecule has 0 N–H and O–H groups in total. The number of hydrogen-bond donors (Lipinski definition) is 0. The number of anilines is 1. The van der Waals surface area contributed by atoms with E-state index in [-0.39, 0.29) is 24.1 Å². The fraction of sp³-hybridized carbons (Fsp3) is 0.333. The molecule has 1 amide bonds. The quantitative estimate of drug-likeness (QED) is 0.756. The first-order valence-electron chi connectivity index (χ1n) is 5.28. The van der Waals surface area contributed by atoms with Crippen molar-refractivity contribution in [2.45, 2.75) is 12.8 Å². The van der Waals surface area contributed by atoms with Crippen LogP contribution in [0.1, 0.15) is 6.42 Å². The predicted molar refractivity (Wildman–Crippen MR) is 68.2 cm³/mol. The van der Waals surface area contributed by atoms with Gasteiger partial charge in [0.2, 0.25) is 0 Å². The molecule has 0 saturated carbocycles. The van der Waals surface area contributed by atoms with Crippen molar-refractivity contribution in [1.29, 1.82) is 0 Å². The molecular formula is C12H12BrF2NO2. The number of hydrogen-bond acceptors (Lipinski definition) is 2. The number of carbonyl (C=O) groups is 2. The van der Waals surface area contributed by atoms with Crippen molar-refractivity contribution in [3.05, 3.63) is 30.3 Å². The van der Waals surface area contributed by atoms with E-state index in [1.807, 2.05) is 0 Å². The van der Waals surface area contributed by atoms with Gasteiger partial charge in [-0.1, -0.05) is 34.1 Å². The van der Waals surface area contributed by atoms with Crippen molar-refractivity contribution in [2.24, 2.45) is 0 Å². The smallest absolute Gasteiger partial charge is 0.307 e. The lowest BCUT2D eigenvalue weighted by Crippen LogP contribution is -2.37. The van der Waals surface area contributed by atoms with Crippen LogP contribution in [0.15, 0.2) is 30.3 Å². The van der Waals surface area contributed by atoms with Gasteiger partial charge in [-0.25, -0.2) is 0 Å². The molecular weight excluding hydrogens is 308 g/mol. The summed E-state index contributed by atoms with van der Waals surface area (Å²) < 4.78 is 25.0. The molecule has 1 rings (SSSR count). The fourth-order valence-electron chi connectivity index (χ4n) is 1.40. The van der Waals surface area contributed by atoms with Crippen LogP contribution in [-0.2, 0) is 9.59 Å². The molecule has 0 atom stereocenters. The standard InChI is InChI=1S/C12H12BrF2NO2/c13-8-10(17)6-7-16(12(18)11(14)15)9-4-2-1-3-5-9/h1-5,11H,6-8H2. The van der Waals surface area contributed by atoms with Gasteiger partial charge >= 0.3 is 6.43 Å². The molecule has 0 radical (unpaired) electrons. The SMILES string of the molecule is O=C(CBr)CCN(C(=O)C(F)F)c1ccccc1. The Morgan fingerprint density at radius 3 is 2.33 bits per heavy atom. The highest BCUT2D eigenvalue weighted by Crippen LogP contribution is 2.16. The van der Waals surface area contributed by atoms with Gasteiger partial charge in [0.1, 0.15) is 5.78 Å². The minimum Gasteiger partial charge on any atom is -0.307 e. The normalized spacial score (nSPS) is 10.4. The third kappa shape index (κ3) is 4.18. The Balaban J connectivity index is 2.83. The molecule has 1 aromatic rings. The number of alkyl halides is 3. The van der Waals surface area contributed by atoms with Crippen LogP contribution in [0.5, 0.6) is 0 Å². The van der Waals surface area contributed by atoms with E-state index < -0.39 is 12.3 Å². The van der Waals surface area contributed by atoms with Gasteiger partial charge in [-0.05, 0) is 12.1 Å². The molecule has 1 aromatic carbocycles. The lowest BCUT2D eigenvalue weighted by atomic mass is 10.2. The summed E-state index contributed by atoms with van der Waals surface area (Å²) in [5.41, 5.74) is 0.366. The second kappa shape index (κ2) is 7.20. The summed E-state index contributed by atoms with van der Waals surface area (Å²) in [5.74, 6) is -1.43. The van der Waals surface area contributed by atoms with Crippen LogP contribution in [0, 0.1) is 0 Å². The lowest BCUT2D eigenvalue weighted by Gasteiger charge is -2.21. The summed E-state index contributed by atoms with van der Waals surface area (Å²) in [6.07, 6.45) is -3.04. The Bertz CT molecular complexity index is 412. The molecule has 0 aliphatic carbocycles. The van der Waals surface area contributed by atoms with E-state index >= 15 is 0 Å². The highest BCUT2D eigenvalue weighted by molar-refractivity contribution is 9.09. The van der Waals surface area contributed by atoms with Gasteiger partial charge in [0, 0.05) is 18.7 Å². The van der Waals surface area contributed by atoms with Crippen molar-refractivity contribution in [2.75, 3.05) is 16.8 Å². The van der Waals surface area contributed by atoms with Crippen LogP contribution in [0.3, 0.4) is 0 Å². The second-order valence-electron chi connectivity index (χ2n) is 3.55. The maximum absolute atomic E-state index is 12.5.